The first kappa shape index (κ1) is 114. The predicted octanol–water partition coefficient (Wildman–Crippen LogP) is 17.5. The third-order valence-electron chi connectivity index (χ3n) is 23.4. The Balaban J connectivity index is 0.000000362. The number of unbranched alkanes of at least 4 members (excludes halogenated alkanes) is 2. The summed E-state index contributed by atoms with van der Waals surface area (Å²) in [6, 6.07) is 51.0. The van der Waals surface area contributed by atoms with Crippen LogP contribution in [-0.2, 0) is 120 Å². The zero-order chi connectivity index (χ0) is 106. The molecule has 1 unspecified atom stereocenters. The maximum Gasteiger partial charge on any atom is 0.311 e. The Hall–Kier alpha value is -15.9. The Labute approximate surface area is 840 Å². The lowest BCUT2D eigenvalue weighted by molar-refractivity contribution is -0.142. The zero-order valence-electron chi connectivity index (χ0n) is 83.3. The van der Waals surface area contributed by atoms with Crippen LogP contribution in [-0.4, -0.2) is 163 Å². The van der Waals surface area contributed by atoms with Gasteiger partial charge in [-0.1, -0.05) is 103 Å². The molecule has 0 saturated carbocycles. The zero-order valence-corrected chi connectivity index (χ0v) is 83.3. The van der Waals surface area contributed by atoms with Gasteiger partial charge in [-0.3, -0.25) is 76.7 Å². The van der Waals surface area contributed by atoms with Crippen LogP contribution in [0.25, 0.3) is 0 Å². The number of ether oxygens (including phenoxy) is 16. The quantitative estimate of drug-likeness (QED) is 0.0117. The van der Waals surface area contributed by atoms with Gasteiger partial charge in [0.2, 0.25) is 0 Å². The van der Waals surface area contributed by atoms with Crippen LogP contribution in [0.15, 0.2) is 182 Å². The van der Waals surface area contributed by atoms with Crippen LogP contribution in [0.4, 0.5) is 0 Å². The van der Waals surface area contributed by atoms with Crippen molar-refractivity contribution < 1.29 is 163 Å². The maximum absolute atomic E-state index is 13.1. The Morgan fingerprint density at radius 2 is 0.400 bits per heavy atom. The highest BCUT2D eigenvalue weighted by Crippen LogP contribution is 2.49. The van der Waals surface area contributed by atoms with Crippen LogP contribution in [0.5, 0.6) is 57.5 Å². The molecule has 0 aliphatic heterocycles. The third-order valence-corrected chi connectivity index (χ3v) is 23.4. The first-order chi connectivity index (χ1) is 69.5. The molecule has 0 spiro atoms. The smallest absolute Gasteiger partial charge is 0.311 e. The fourth-order valence-electron chi connectivity index (χ4n) is 15.8. The molecule has 1 atom stereocenters. The molecular formula is C111H122O34. The first-order valence-corrected chi connectivity index (χ1v) is 47.2. The lowest BCUT2D eigenvalue weighted by atomic mass is 9.65. The number of aryl methyl sites for hydroxylation is 4. The Bertz CT molecular complexity index is 5590. The van der Waals surface area contributed by atoms with Gasteiger partial charge in [0.15, 0.2) is 0 Å². The summed E-state index contributed by atoms with van der Waals surface area (Å²) in [5, 5.41) is 23.4. The maximum atomic E-state index is 13.1. The van der Waals surface area contributed by atoms with E-state index in [0.29, 0.717) is 80.8 Å². The van der Waals surface area contributed by atoms with Crippen molar-refractivity contribution in [1.29, 1.82) is 0 Å². The highest BCUT2D eigenvalue weighted by molar-refractivity contribution is 5.81. The van der Waals surface area contributed by atoms with Crippen molar-refractivity contribution in [2.45, 2.75) is 212 Å². The van der Waals surface area contributed by atoms with Crippen LogP contribution in [0, 0.1) is 27.7 Å². The van der Waals surface area contributed by atoms with Crippen LogP contribution in [0.3, 0.4) is 0 Å². The number of rotatable bonds is 52. The highest BCUT2D eigenvalue weighted by atomic mass is 16.6. The molecule has 9 rings (SSSR count). The molecule has 34 nitrogen and oxygen atoms in total. The second-order valence-corrected chi connectivity index (χ2v) is 33.7. The van der Waals surface area contributed by atoms with E-state index in [2.05, 4.69) is 28.4 Å². The van der Waals surface area contributed by atoms with E-state index < -0.39 is 107 Å². The number of phenols is 2. The van der Waals surface area contributed by atoms with E-state index in [9.17, 15) is 86.9 Å². The van der Waals surface area contributed by atoms with E-state index in [1.54, 1.807) is 115 Å². The summed E-state index contributed by atoms with van der Waals surface area (Å²) >= 11 is 0. The minimum atomic E-state index is -1.21. The minimum absolute atomic E-state index is 0.000338. The number of carbonyl (C=O) groups excluding carboxylic acids is 16. The standard InChI is InChI=1S/C62H70O18.C49H52O16/c1-37-33-51(79-59(71)16-11-9-10-15-53(65)73-5)39(3)31-47(37)62(48-32-40(4)52(34-38(48)2)80-60(72)22-14-19-56(68)76-8)42-25-23-41(24-26-42)61(45-29-27-43(35-49(45)63)77-57(69)20-12-17-54(66)74-6)46-30-28-44(36-50(46)64)78-58(70)21-13-18-55(67)75-7;1-58-41(50)9-5-13-45(54)62-37-25-17-33(18-26-37)49(34-19-27-38(28-20-34)63-46(55)14-6-10-42(51)59-2,35-21-29-39(30-22-35)64-47(56)15-7-11-43(52)60-3)36-23-31-40(32-24-36)65-48(57)16-8-12-44(53)61-4/h23-36,61-64H,9-22H2,1-8H3;17-32H,5-16H2,1-4H3. The highest BCUT2D eigenvalue weighted by Gasteiger charge is 2.40. The molecule has 0 fully saturated rings. The molecule has 2 N–H and O–H groups in total. The van der Waals surface area contributed by atoms with Crippen molar-refractivity contribution in [1.82, 2.24) is 0 Å². The van der Waals surface area contributed by atoms with Crippen molar-refractivity contribution in [2.24, 2.45) is 0 Å². The lowest BCUT2D eigenvalue weighted by Gasteiger charge is -2.37. The molecule has 0 saturated heterocycles. The summed E-state index contributed by atoms with van der Waals surface area (Å²) in [6.45, 7) is 7.50. The summed E-state index contributed by atoms with van der Waals surface area (Å²) in [5.74, 6) is -7.95. The monoisotopic (exact) mass is 2000 g/mol. The number of hydrogen-bond donors (Lipinski definition) is 2. The van der Waals surface area contributed by atoms with E-state index in [0.717, 1.165) is 27.8 Å². The van der Waals surface area contributed by atoms with Gasteiger partial charge in [-0.05, 0) is 225 Å². The fraction of sp³-hybridized carbons (Fsp3) is 0.369. The molecule has 145 heavy (non-hydrogen) atoms. The van der Waals surface area contributed by atoms with Gasteiger partial charge in [-0.25, -0.2) is 0 Å². The number of phenolic OH excluding ortho intramolecular Hbond substituents is 2. The number of carbonyl (C=O) groups is 16. The fourth-order valence-corrected chi connectivity index (χ4v) is 15.8. The molecule has 0 amide bonds. The van der Waals surface area contributed by atoms with Gasteiger partial charge >= 0.3 is 95.5 Å². The summed E-state index contributed by atoms with van der Waals surface area (Å²) < 4.78 is 82.4. The molecule has 0 heterocycles. The summed E-state index contributed by atoms with van der Waals surface area (Å²) in [7, 11) is 10.2. The second kappa shape index (κ2) is 58.5. The Morgan fingerprint density at radius 3 is 0.628 bits per heavy atom. The number of methoxy groups -OCH3 is 8. The van der Waals surface area contributed by atoms with E-state index >= 15 is 0 Å². The van der Waals surface area contributed by atoms with Crippen molar-refractivity contribution in [3.63, 3.8) is 0 Å². The summed E-state index contributed by atoms with van der Waals surface area (Å²) in [5.41, 5.74) is 8.11. The van der Waals surface area contributed by atoms with Crippen LogP contribution in [0.1, 0.15) is 257 Å². The number of esters is 16. The molecule has 0 aliphatic carbocycles. The summed E-state index contributed by atoms with van der Waals surface area (Å²) in [6.07, 6.45) is 3.86. The molecule has 9 aromatic carbocycles. The SMILES string of the molecule is COC(=O)CCCC(=O)Oc1ccc(C(c2ccc(OC(=O)CCCC(=O)OC)cc2)(c2ccc(OC(=O)CCCC(=O)OC)cc2)c2ccc(OC(=O)CCCC(=O)OC)cc2)cc1.COC(=O)CCCCCC(=O)Oc1cc(C)c(C(c2ccc(C(c3ccc(OC(=O)CCCC(=O)OC)cc3O)c3ccc(OC(=O)CCCC(=O)OC)cc3O)cc2)c2cc(C)c(OC(=O)CCCC(=O)OC)cc2C)cc1C. The second-order valence-electron chi connectivity index (χ2n) is 33.7. The number of aromatic hydroxyl groups is 2. The van der Waals surface area contributed by atoms with Gasteiger partial charge in [0.05, 0.1) is 62.3 Å². The molecule has 770 valence electrons. The Kier molecular flexibility index (Phi) is 46.1. The van der Waals surface area contributed by atoms with E-state index in [1.807, 2.05) is 70.2 Å². The normalized spacial score (nSPS) is 11.0. The van der Waals surface area contributed by atoms with Gasteiger partial charge in [0, 0.05) is 138 Å². The van der Waals surface area contributed by atoms with E-state index in [4.69, 9.17) is 47.4 Å². The van der Waals surface area contributed by atoms with Gasteiger partial charge in [0.25, 0.3) is 0 Å². The van der Waals surface area contributed by atoms with Crippen molar-refractivity contribution in [2.75, 3.05) is 56.9 Å². The topological polar surface area (TPSA) is 461 Å². The van der Waals surface area contributed by atoms with E-state index in [-0.39, 0.29) is 200 Å². The number of hydrogen-bond acceptors (Lipinski definition) is 34. The molecule has 0 bridgehead atoms. The number of benzene rings is 9. The predicted molar refractivity (Wildman–Crippen MR) is 522 cm³/mol. The van der Waals surface area contributed by atoms with Gasteiger partial charge in [-0.15, -0.1) is 0 Å². The van der Waals surface area contributed by atoms with Crippen LogP contribution >= 0.6 is 0 Å². The molecule has 0 radical (unpaired) electrons. The van der Waals surface area contributed by atoms with Crippen LogP contribution < -0.4 is 37.9 Å². The molecule has 9 aromatic rings. The average molecular weight is 2000 g/mol. The van der Waals surface area contributed by atoms with Gasteiger partial charge in [-0.2, -0.15) is 0 Å². The van der Waals surface area contributed by atoms with Crippen molar-refractivity contribution in [3.8, 4) is 57.5 Å². The molecule has 34 heteroatoms. The lowest BCUT2D eigenvalue weighted by Crippen LogP contribution is -2.31. The van der Waals surface area contributed by atoms with Crippen molar-refractivity contribution >= 4 is 95.5 Å². The minimum Gasteiger partial charge on any atom is -0.507 e. The molecule has 0 aliphatic rings. The molecule has 0 aromatic heterocycles. The average Bonchev–Trinajstić information content (AvgIpc) is 0.728. The van der Waals surface area contributed by atoms with Crippen molar-refractivity contribution in [3.05, 3.63) is 260 Å². The largest absolute Gasteiger partial charge is 0.507 e. The first-order valence-electron chi connectivity index (χ1n) is 47.2. The van der Waals surface area contributed by atoms with Gasteiger partial charge in [0.1, 0.15) is 57.5 Å². The molecular weight excluding hydrogens is 1880 g/mol. The summed E-state index contributed by atoms with van der Waals surface area (Å²) in [4.78, 5) is 195. The third kappa shape index (κ3) is 35.9. The van der Waals surface area contributed by atoms with Gasteiger partial charge < -0.3 is 86.0 Å². The van der Waals surface area contributed by atoms with E-state index in [1.165, 1.54) is 81.1 Å². The Morgan fingerprint density at radius 1 is 0.207 bits per heavy atom. The van der Waals surface area contributed by atoms with Crippen LogP contribution in [0.2, 0.25) is 0 Å².